The minimum Gasteiger partial charge on any atom is -0.469 e. The van der Waals surface area contributed by atoms with Crippen LogP contribution in [0.1, 0.15) is 66.7 Å². The molecule has 0 aliphatic carbocycles. The van der Waals surface area contributed by atoms with Gasteiger partial charge in [0, 0.05) is 25.9 Å². The second-order valence-corrected chi connectivity index (χ2v) is 9.78. The summed E-state index contributed by atoms with van der Waals surface area (Å²) in [5.41, 5.74) is -2.33. The highest BCUT2D eigenvalue weighted by molar-refractivity contribution is 5.92. The first-order chi connectivity index (χ1) is 15.3. The van der Waals surface area contributed by atoms with Gasteiger partial charge < -0.3 is 24.2 Å². The van der Waals surface area contributed by atoms with E-state index >= 15 is 0 Å². The van der Waals surface area contributed by atoms with E-state index in [4.69, 9.17) is 14.2 Å². The van der Waals surface area contributed by atoms with Crippen molar-refractivity contribution in [3.8, 4) is 0 Å². The molecule has 1 aliphatic rings. The molecule has 0 saturated carbocycles. The molecule has 1 atom stereocenters. The number of ether oxygens (including phenoxy) is 3. The van der Waals surface area contributed by atoms with Crippen molar-refractivity contribution in [1.82, 2.24) is 9.80 Å². The van der Waals surface area contributed by atoms with E-state index in [1.165, 1.54) is 19.1 Å². The number of carbonyl (C=O) groups is 4. The number of aliphatic hydroxyl groups is 1. The van der Waals surface area contributed by atoms with Gasteiger partial charge in [-0.15, -0.1) is 0 Å². The molecule has 0 spiro atoms. The number of amides is 2. The van der Waals surface area contributed by atoms with Crippen LogP contribution in [0.4, 0.5) is 4.79 Å². The molecule has 1 rings (SSSR count). The molecule has 0 bridgehead atoms. The highest BCUT2D eigenvalue weighted by atomic mass is 16.6. The lowest BCUT2D eigenvalue weighted by molar-refractivity contribution is -0.159. The first-order valence-electron chi connectivity index (χ1n) is 11.4. The number of rotatable bonds is 10. The van der Waals surface area contributed by atoms with Crippen LogP contribution in [0.15, 0.2) is 0 Å². The van der Waals surface area contributed by atoms with E-state index in [0.717, 1.165) is 0 Å². The van der Waals surface area contributed by atoms with Crippen molar-refractivity contribution in [2.75, 3.05) is 33.9 Å². The van der Waals surface area contributed by atoms with E-state index in [0.29, 0.717) is 6.42 Å². The Labute approximate surface area is 196 Å². The molecule has 1 saturated heterocycles. The summed E-state index contributed by atoms with van der Waals surface area (Å²) in [6.07, 6.45) is -0.501. The van der Waals surface area contributed by atoms with Gasteiger partial charge in [0.1, 0.15) is 11.1 Å². The van der Waals surface area contributed by atoms with Gasteiger partial charge in [0.25, 0.3) is 0 Å². The van der Waals surface area contributed by atoms with Crippen molar-refractivity contribution in [2.45, 2.75) is 83.9 Å². The number of hydrogen-bond acceptors (Lipinski definition) is 8. The van der Waals surface area contributed by atoms with Gasteiger partial charge >= 0.3 is 18.0 Å². The number of carbonyl (C=O) groups excluding carboxylic acids is 4. The van der Waals surface area contributed by atoms with Gasteiger partial charge in [-0.25, -0.2) is 4.79 Å². The van der Waals surface area contributed by atoms with Crippen LogP contribution in [0.2, 0.25) is 0 Å². The number of nitrogens with zero attached hydrogens (tertiary/aromatic N) is 2. The van der Waals surface area contributed by atoms with Crippen LogP contribution in [0.25, 0.3) is 0 Å². The van der Waals surface area contributed by atoms with Crippen molar-refractivity contribution in [3.05, 3.63) is 0 Å². The lowest BCUT2D eigenvalue weighted by Crippen LogP contribution is -2.69. The zero-order chi connectivity index (χ0) is 25.4. The molecule has 0 aromatic heterocycles. The quantitative estimate of drug-likeness (QED) is 0.379. The molecule has 1 fully saturated rings. The van der Waals surface area contributed by atoms with Crippen LogP contribution in [0.3, 0.4) is 0 Å². The first kappa shape index (κ1) is 28.7. The lowest BCUT2D eigenvalue weighted by atomic mass is 9.82. The Bertz CT molecular complexity index is 681. The smallest absolute Gasteiger partial charge is 0.411 e. The van der Waals surface area contributed by atoms with Crippen molar-refractivity contribution < 1.29 is 38.5 Å². The maximum absolute atomic E-state index is 14.0. The molecule has 0 radical (unpaired) electrons. The highest BCUT2D eigenvalue weighted by Gasteiger charge is 2.53. The normalized spacial score (nSPS) is 17.1. The number of aliphatic hydroxyl groups excluding tert-OH is 1. The third kappa shape index (κ3) is 7.87. The van der Waals surface area contributed by atoms with Gasteiger partial charge in [0.2, 0.25) is 5.91 Å². The Morgan fingerprint density at radius 3 is 1.94 bits per heavy atom. The summed E-state index contributed by atoms with van der Waals surface area (Å²) in [4.78, 5) is 54.1. The Hall–Kier alpha value is -2.36. The van der Waals surface area contributed by atoms with Crippen molar-refractivity contribution in [3.63, 3.8) is 0 Å². The van der Waals surface area contributed by atoms with Crippen LogP contribution in [-0.4, -0.2) is 89.9 Å². The van der Waals surface area contributed by atoms with E-state index in [1.54, 1.807) is 25.7 Å². The summed E-state index contributed by atoms with van der Waals surface area (Å²) < 4.78 is 15.1. The van der Waals surface area contributed by atoms with E-state index in [2.05, 4.69) is 0 Å². The summed E-state index contributed by atoms with van der Waals surface area (Å²) in [5.74, 6) is -1.28. The summed E-state index contributed by atoms with van der Waals surface area (Å²) in [5, 5.41) is 10.0. The first-order valence-corrected chi connectivity index (χ1v) is 11.4. The van der Waals surface area contributed by atoms with Crippen LogP contribution in [0, 0.1) is 5.92 Å². The van der Waals surface area contributed by atoms with E-state index < -0.39 is 41.1 Å². The second-order valence-electron chi connectivity index (χ2n) is 9.78. The fourth-order valence-electron chi connectivity index (χ4n) is 4.11. The van der Waals surface area contributed by atoms with Gasteiger partial charge in [0.05, 0.1) is 26.9 Å². The number of esters is 2. The van der Waals surface area contributed by atoms with Crippen LogP contribution in [-0.2, 0) is 28.6 Å². The van der Waals surface area contributed by atoms with Gasteiger partial charge in [0.15, 0.2) is 0 Å². The Morgan fingerprint density at radius 2 is 1.55 bits per heavy atom. The van der Waals surface area contributed by atoms with Gasteiger partial charge in [-0.3, -0.25) is 19.3 Å². The van der Waals surface area contributed by atoms with Crippen LogP contribution >= 0.6 is 0 Å². The summed E-state index contributed by atoms with van der Waals surface area (Å²) in [6, 6.07) is -0.450. The SMILES string of the molecule is COC(=O)CCC1(CCC(=O)OC)C(=O)N([C@H](CO)CC(C)C)CCN1C(=O)OC(C)(C)C. The summed E-state index contributed by atoms with van der Waals surface area (Å²) >= 11 is 0. The maximum atomic E-state index is 14.0. The average Bonchev–Trinajstić information content (AvgIpc) is 2.73. The second kappa shape index (κ2) is 12.2. The third-order valence-corrected chi connectivity index (χ3v) is 5.69. The fourth-order valence-corrected chi connectivity index (χ4v) is 4.11. The van der Waals surface area contributed by atoms with Crippen LogP contribution < -0.4 is 0 Å². The van der Waals surface area contributed by atoms with Crippen molar-refractivity contribution >= 4 is 23.9 Å². The molecule has 10 nitrogen and oxygen atoms in total. The Morgan fingerprint density at radius 1 is 1.03 bits per heavy atom. The molecular formula is C23H40N2O8. The maximum Gasteiger partial charge on any atom is 0.411 e. The predicted octanol–water partition coefficient (Wildman–Crippen LogP) is 2.12. The van der Waals surface area contributed by atoms with Crippen LogP contribution in [0.5, 0.6) is 0 Å². The predicted molar refractivity (Wildman–Crippen MR) is 120 cm³/mol. The molecule has 10 heteroatoms. The topological polar surface area (TPSA) is 123 Å². The average molecular weight is 473 g/mol. The van der Waals surface area contributed by atoms with Gasteiger partial charge in [-0.05, 0) is 46.0 Å². The Balaban J connectivity index is 3.49. The van der Waals surface area contributed by atoms with Crippen molar-refractivity contribution in [1.29, 1.82) is 0 Å². The van der Waals surface area contributed by atoms with Gasteiger partial charge in [-0.1, -0.05) is 13.8 Å². The molecule has 1 aliphatic heterocycles. The number of piperazine rings is 1. The standard InChI is InChI=1S/C23H40N2O8/c1-16(2)14-17(15-26)24-12-13-25(21(30)33-22(3,4)5)23(20(24)29,10-8-18(27)31-6)11-9-19(28)32-7/h16-17,26H,8-15H2,1-7H3/t17-/m0/s1. The van der Waals surface area contributed by atoms with Crippen molar-refractivity contribution in [2.24, 2.45) is 5.92 Å². The highest BCUT2D eigenvalue weighted by Crippen LogP contribution is 2.36. The molecule has 1 N–H and O–H groups in total. The largest absolute Gasteiger partial charge is 0.469 e. The van der Waals surface area contributed by atoms with E-state index in [9.17, 15) is 24.3 Å². The molecular weight excluding hydrogens is 432 g/mol. The molecule has 1 heterocycles. The molecule has 2 amide bonds. The Kier molecular flexibility index (Phi) is 10.6. The zero-order valence-electron chi connectivity index (χ0n) is 21.0. The van der Waals surface area contributed by atoms with E-state index in [-0.39, 0.29) is 51.3 Å². The monoisotopic (exact) mass is 472 g/mol. The lowest BCUT2D eigenvalue weighted by Gasteiger charge is -2.51. The van der Waals surface area contributed by atoms with Gasteiger partial charge in [-0.2, -0.15) is 0 Å². The molecule has 33 heavy (non-hydrogen) atoms. The minimum absolute atomic E-state index is 0.0505. The van der Waals surface area contributed by atoms with E-state index in [1.807, 2.05) is 13.8 Å². The molecule has 0 aromatic rings. The minimum atomic E-state index is -1.52. The fraction of sp³-hybridized carbons (Fsp3) is 0.826. The zero-order valence-corrected chi connectivity index (χ0v) is 21.0. The molecule has 190 valence electrons. The molecule has 0 aromatic carbocycles. The number of methoxy groups -OCH3 is 2. The summed E-state index contributed by atoms with van der Waals surface area (Å²) in [6.45, 7) is 9.25. The molecule has 0 unspecified atom stereocenters. The third-order valence-electron chi connectivity index (χ3n) is 5.69. The summed E-state index contributed by atoms with van der Waals surface area (Å²) in [7, 11) is 2.49. The number of hydrogen-bond donors (Lipinski definition) is 1.